The van der Waals surface area contributed by atoms with Gasteiger partial charge in [0.2, 0.25) is 0 Å². The molecule has 1 heterocycles. The van der Waals surface area contributed by atoms with E-state index in [0.717, 1.165) is 28.8 Å². The number of para-hydroxylation sites is 1. The van der Waals surface area contributed by atoms with E-state index >= 15 is 0 Å². The van der Waals surface area contributed by atoms with Crippen molar-refractivity contribution in [1.82, 2.24) is 15.3 Å². The van der Waals surface area contributed by atoms with E-state index in [2.05, 4.69) is 57.8 Å². The fourth-order valence-electron chi connectivity index (χ4n) is 2.68. The standard InChI is InChI=1S/C20H22N4OS/c1-15-7-9-17(10-8-15)25-12-11-24-14-16(13-22-23-20(26)21-2)18-5-3-4-6-19(18)24/h3-10,13-14H,11-12H2,1-2H3,(H2,21,23,26). The van der Waals surface area contributed by atoms with Gasteiger partial charge in [0.1, 0.15) is 12.4 Å². The van der Waals surface area contributed by atoms with Crippen molar-refractivity contribution in [1.29, 1.82) is 0 Å². The Morgan fingerprint density at radius 3 is 2.73 bits per heavy atom. The van der Waals surface area contributed by atoms with Crippen LogP contribution in [0.4, 0.5) is 0 Å². The number of fused-ring (bicyclic) bond motifs is 1. The molecule has 0 atom stereocenters. The largest absolute Gasteiger partial charge is 0.492 e. The first kappa shape index (κ1) is 17.9. The Hall–Kier alpha value is -2.86. The first-order chi connectivity index (χ1) is 12.7. The maximum absolute atomic E-state index is 5.86. The molecule has 0 bridgehead atoms. The Bertz CT molecular complexity index is 915. The molecule has 6 heteroatoms. The second-order valence-corrected chi connectivity index (χ2v) is 6.31. The maximum atomic E-state index is 5.86. The molecule has 26 heavy (non-hydrogen) atoms. The Labute approximate surface area is 158 Å². The summed E-state index contributed by atoms with van der Waals surface area (Å²) in [5, 5.41) is 8.64. The normalized spacial score (nSPS) is 11.0. The summed E-state index contributed by atoms with van der Waals surface area (Å²) >= 11 is 5.03. The van der Waals surface area contributed by atoms with Gasteiger partial charge in [0.05, 0.1) is 12.8 Å². The summed E-state index contributed by atoms with van der Waals surface area (Å²) in [6.07, 6.45) is 3.86. The highest BCUT2D eigenvalue weighted by Gasteiger charge is 2.06. The van der Waals surface area contributed by atoms with Gasteiger partial charge in [0, 0.05) is 29.7 Å². The number of hydrogen-bond donors (Lipinski definition) is 2. The third-order valence-corrected chi connectivity index (χ3v) is 4.33. The summed E-state index contributed by atoms with van der Waals surface area (Å²) < 4.78 is 8.04. The number of aryl methyl sites for hydroxylation is 1. The lowest BCUT2D eigenvalue weighted by molar-refractivity contribution is 0.300. The van der Waals surface area contributed by atoms with E-state index in [1.54, 1.807) is 13.3 Å². The van der Waals surface area contributed by atoms with Gasteiger partial charge < -0.3 is 14.6 Å². The van der Waals surface area contributed by atoms with Gasteiger partial charge in [-0.25, -0.2) is 0 Å². The maximum Gasteiger partial charge on any atom is 0.186 e. The van der Waals surface area contributed by atoms with Crippen LogP contribution in [0.5, 0.6) is 5.75 Å². The van der Waals surface area contributed by atoms with Gasteiger partial charge in [0.25, 0.3) is 0 Å². The van der Waals surface area contributed by atoms with E-state index in [-0.39, 0.29) is 0 Å². The number of hydrazone groups is 1. The molecule has 2 N–H and O–H groups in total. The predicted molar refractivity (Wildman–Crippen MR) is 111 cm³/mol. The topological polar surface area (TPSA) is 50.6 Å². The lowest BCUT2D eigenvalue weighted by atomic mass is 10.2. The fourth-order valence-corrected chi connectivity index (χ4v) is 2.73. The number of rotatable bonds is 6. The van der Waals surface area contributed by atoms with E-state index in [1.165, 1.54) is 5.56 Å². The molecule has 0 aliphatic carbocycles. The quantitative estimate of drug-likeness (QED) is 0.399. The van der Waals surface area contributed by atoms with Crippen LogP contribution in [-0.4, -0.2) is 29.5 Å². The molecule has 2 aromatic carbocycles. The van der Waals surface area contributed by atoms with Crippen molar-refractivity contribution in [3.8, 4) is 5.75 Å². The summed E-state index contributed by atoms with van der Waals surface area (Å²) in [4.78, 5) is 0. The number of thiocarbonyl (C=S) groups is 1. The number of nitrogens with one attached hydrogen (secondary N) is 2. The Morgan fingerprint density at radius 2 is 1.96 bits per heavy atom. The third kappa shape index (κ3) is 4.40. The SMILES string of the molecule is CNC(=S)NN=Cc1cn(CCOc2ccc(C)cc2)c2ccccc12. The second-order valence-electron chi connectivity index (χ2n) is 5.91. The summed E-state index contributed by atoms with van der Waals surface area (Å²) in [5.41, 5.74) is 6.19. The van der Waals surface area contributed by atoms with Gasteiger partial charge in [-0.2, -0.15) is 5.10 Å². The van der Waals surface area contributed by atoms with Crippen LogP contribution in [0.25, 0.3) is 10.9 Å². The molecule has 3 rings (SSSR count). The third-order valence-electron chi connectivity index (χ3n) is 4.04. The lowest BCUT2D eigenvalue weighted by Crippen LogP contribution is -2.28. The van der Waals surface area contributed by atoms with Crippen molar-refractivity contribution in [2.45, 2.75) is 13.5 Å². The van der Waals surface area contributed by atoms with Gasteiger partial charge in [0.15, 0.2) is 5.11 Å². The molecular formula is C20H22N4OS. The molecule has 0 saturated heterocycles. The first-order valence-corrected chi connectivity index (χ1v) is 8.86. The van der Waals surface area contributed by atoms with Crippen LogP contribution in [-0.2, 0) is 6.54 Å². The molecule has 0 saturated carbocycles. The highest BCUT2D eigenvalue weighted by Crippen LogP contribution is 2.20. The van der Waals surface area contributed by atoms with Crippen molar-refractivity contribution < 1.29 is 4.74 Å². The monoisotopic (exact) mass is 366 g/mol. The summed E-state index contributed by atoms with van der Waals surface area (Å²) in [6, 6.07) is 16.4. The van der Waals surface area contributed by atoms with E-state index < -0.39 is 0 Å². The number of hydrogen-bond acceptors (Lipinski definition) is 3. The van der Waals surface area contributed by atoms with Crippen LogP contribution < -0.4 is 15.5 Å². The van der Waals surface area contributed by atoms with E-state index in [4.69, 9.17) is 17.0 Å². The molecule has 0 spiro atoms. The van der Waals surface area contributed by atoms with Crippen molar-refractivity contribution in [2.75, 3.05) is 13.7 Å². The van der Waals surface area contributed by atoms with Crippen LogP contribution in [0.15, 0.2) is 59.8 Å². The van der Waals surface area contributed by atoms with Gasteiger partial charge >= 0.3 is 0 Å². The van der Waals surface area contributed by atoms with E-state index in [0.29, 0.717) is 11.7 Å². The fraction of sp³-hybridized carbons (Fsp3) is 0.200. The molecule has 1 aromatic heterocycles. The first-order valence-electron chi connectivity index (χ1n) is 8.45. The van der Waals surface area contributed by atoms with Crippen LogP contribution in [0, 0.1) is 6.92 Å². The molecule has 3 aromatic rings. The highest BCUT2D eigenvalue weighted by molar-refractivity contribution is 7.80. The summed E-state index contributed by atoms with van der Waals surface area (Å²) in [6.45, 7) is 3.42. The number of nitrogens with zero attached hydrogens (tertiary/aromatic N) is 2. The molecule has 0 unspecified atom stereocenters. The Kier molecular flexibility index (Phi) is 5.86. The van der Waals surface area contributed by atoms with Crippen LogP contribution >= 0.6 is 12.2 Å². The van der Waals surface area contributed by atoms with Gasteiger partial charge in [-0.1, -0.05) is 35.9 Å². The minimum atomic E-state index is 0.483. The van der Waals surface area contributed by atoms with E-state index in [1.807, 2.05) is 24.3 Å². The zero-order valence-corrected chi connectivity index (χ0v) is 15.7. The number of benzene rings is 2. The molecule has 5 nitrogen and oxygen atoms in total. The highest BCUT2D eigenvalue weighted by atomic mass is 32.1. The number of aromatic nitrogens is 1. The lowest BCUT2D eigenvalue weighted by Gasteiger charge is -2.08. The molecule has 0 aliphatic rings. The van der Waals surface area contributed by atoms with Crippen molar-refractivity contribution in [2.24, 2.45) is 5.10 Å². The average molecular weight is 366 g/mol. The zero-order chi connectivity index (χ0) is 18.4. The Morgan fingerprint density at radius 1 is 1.19 bits per heavy atom. The molecule has 0 aliphatic heterocycles. The molecular weight excluding hydrogens is 344 g/mol. The van der Waals surface area contributed by atoms with Crippen molar-refractivity contribution in [3.05, 3.63) is 65.9 Å². The molecule has 0 radical (unpaired) electrons. The second kappa shape index (κ2) is 8.49. The smallest absolute Gasteiger partial charge is 0.186 e. The van der Waals surface area contributed by atoms with Crippen molar-refractivity contribution >= 4 is 34.4 Å². The summed E-state index contributed by atoms with van der Waals surface area (Å²) in [5.74, 6) is 0.888. The number of ether oxygens (including phenoxy) is 1. The molecule has 0 amide bonds. The Balaban J connectivity index is 1.71. The van der Waals surface area contributed by atoms with Gasteiger partial charge in [-0.3, -0.25) is 5.43 Å². The van der Waals surface area contributed by atoms with E-state index in [9.17, 15) is 0 Å². The van der Waals surface area contributed by atoms with Gasteiger partial charge in [-0.15, -0.1) is 0 Å². The van der Waals surface area contributed by atoms with Crippen LogP contribution in [0.2, 0.25) is 0 Å². The average Bonchev–Trinajstić information content (AvgIpc) is 3.01. The zero-order valence-electron chi connectivity index (χ0n) is 14.9. The molecule has 134 valence electrons. The molecule has 0 fully saturated rings. The van der Waals surface area contributed by atoms with Crippen LogP contribution in [0.1, 0.15) is 11.1 Å². The minimum absolute atomic E-state index is 0.483. The minimum Gasteiger partial charge on any atom is -0.492 e. The van der Waals surface area contributed by atoms with Gasteiger partial charge in [-0.05, 0) is 37.3 Å². The van der Waals surface area contributed by atoms with Crippen LogP contribution in [0.3, 0.4) is 0 Å². The van der Waals surface area contributed by atoms with Crippen molar-refractivity contribution in [3.63, 3.8) is 0 Å². The predicted octanol–water partition coefficient (Wildman–Crippen LogP) is 3.46. The summed E-state index contributed by atoms with van der Waals surface area (Å²) in [7, 11) is 1.75.